The molecule has 0 radical (unpaired) electrons. The minimum absolute atomic E-state index is 0.233. The third-order valence-corrected chi connectivity index (χ3v) is 2.00. The summed E-state index contributed by atoms with van der Waals surface area (Å²) in [6.45, 7) is 0. The zero-order valence-electron chi connectivity index (χ0n) is 8.03. The van der Waals surface area contributed by atoms with Crippen molar-refractivity contribution >= 4 is 17.7 Å². The summed E-state index contributed by atoms with van der Waals surface area (Å²) in [4.78, 5) is 0. The number of hydrogen-bond acceptors (Lipinski definition) is 2. The molecule has 0 fully saturated rings. The molecule has 2 nitrogen and oxygen atoms in total. The minimum Gasteiger partial charge on any atom is -0.508 e. The van der Waals surface area contributed by atoms with Gasteiger partial charge in [0.15, 0.2) is 0 Å². The maximum Gasteiger partial charge on any atom is 0.126 e. The third-order valence-electron chi connectivity index (χ3n) is 1.79. The number of ether oxygens (including phenoxy) is 1. The van der Waals surface area contributed by atoms with Crippen LogP contribution in [0.25, 0.3) is 6.08 Å². The van der Waals surface area contributed by atoms with E-state index in [1.54, 1.807) is 25.3 Å². The molecule has 0 unspecified atom stereocenters. The predicted octanol–water partition coefficient (Wildman–Crippen LogP) is 3.04. The molecule has 0 aliphatic heterocycles. The Kier molecular flexibility index (Phi) is 4.33. The molecule has 0 atom stereocenters. The summed E-state index contributed by atoms with van der Waals surface area (Å²) in [5, 5.41) is 9.27. The maximum absolute atomic E-state index is 9.27. The van der Waals surface area contributed by atoms with Crippen LogP contribution in [0.2, 0.25) is 0 Å². The number of methoxy groups -OCH3 is 1. The Morgan fingerprint density at radius 2 is 2.29 bits per heavy atom. The largest absolute Gasteiger partial charge is 0.508 e. The van der Waals surface area contributed by atoms with E-state index in [9.17, 15) is 5.11 Å². The van der Waals surface area contributed by atoms with Crippen LogP contribution in [0.1, 0.15) is 12.0 Å². The molecule has 76 valence electrons. The standard InChI is InChI=1S/C11H13ClO2/c1-14-11-6-5-10(13)8-9(11)4-2-3-7-12/h2,4-6,8,13H,3,7H2,1H3. The van der Waals surface area contributed by atoms with Gasteiger partial charge < -0.3 is 9.84 Å². The lowest BCUT2D eigenvalue weighted by atomic mass is 10.1. The maximum atomic E-state index is 9.27. The normalized spacial score (nSPS) is 10.7. The van der Waals surface area contributed by atoms with Gasteiger partial charge in [-0.1, -0.05) is 12.2 Å². The highest BCUT2D eigenvalue weighted by Crippen LogP contribution is 2.24. The van der Waals surface area contributed by atoms with Crippen molar-refractivity contribution < 1.29 is 9.84 Å². The fraction of sp³-hybridized carbons (Fsp3) is 0.273. The monoisotopic (exact) mass is 212 g/mol. The van der Waals surface area contributed by atoms with Crippen molar-refractivity contribution in [2.45, 2.75) is 6.42 Å². The molecule has 0 saturated carbocycles. The Morgan fingerprint density at radius 1 is 1.50 bits per heavy atom. The third kappa shape index (κ3) is 2.96. The summed E-state index contributed by atoms with van der Waals surface area (Å²) in [6, 6.07) is 4.98. The van der Waals surface area contributed by atoms with Gasteiger partial charge in [0.05, 0.1) is 7.11 Å². The number of phenolic OH excluding ortho intramolecular Hbond substituents is 1. The minimum atomic E-state index is 0.233. The van der Waals surface area contributed by atoms with Crippen molar-refractivity contribution in [3.63, 3.8) is 0 Å². The highest BCUT2D eigenvalue weighted by Gasteiger charge is 1.99. The molecule has 1 rings (SSSR count). The Balaban J connectivity index is 2.87. The first-order valence-electron chi connectivity index (χ1n) is 4.37. The van der Waals surface area contributed by atoms with Crippen LogP contribution in [0.4, 0.5) is 0 Å². The van der Waals surface area contributed by atoms with Gasteiger partial charge in [-0.3, -0.25) is 0 Å². The number of allylic oxidation sites excluding steroid dienone is 1. The number of benzene rings is 1. The molecule has 0 amide bonds. The number of halogens is 1. The molecular weight excluding hydrogens is 200 g/mol. The van der Waals surface area contributed by atoms with Crippen molar-refractivity contribution in [3.05, 3.63) is 29.8 Å². The summed E-state index contributed by atoms with van der Waals surface area (Å²) in [7, 11) is 1.60. The highest BCUT2D eigenvalue weighted by atomic mass is 35.5. The predicted molar refractivity (Wildman–Crippen MR) is 59.0 cm³/mol. The van der Waals surface area contributed by atoms with Gasteiger partial charge in [-0.2, -0.15) is 0 Å². The Labute approximate surface area is 88.8 Å². The second-order valence-corrected chi connectivity index (χ2v) is 3.18. The van der Waals surface area contributed by atoms with Crippen molar-refractivity contribution in [2.24, 2.45) is 0 Å². The first kappa shape index (κ1) is 10.9. The second-order valence-electron chi connectivity index (χ2n) is 2.81. The van der Waals surface area contributed by atoms with Gasteiger partial charge in [0, 0.05) is 11.4 Å². The molecule has 1 aromatic carbocycles. The molecule has 0 bridgehead atoms. The second kappa shape index (κ2) is 5.55. The van der Waals surface area contributed by atoms with Crippen molar-refractivity contribution in [2.75, 3.05) is 13.0 Å². The number of alkyl halides is 1. The number of aromatic hydroxyl groups is 1. The molecular formula is C11H13ClO2. The fourth-order valence-electron chi connectivity index (χ4n) is 1.13. The lowest BCUT2D eigenvalue weighted by molar-refractivity contribution is 0.411. The van der Waals surface area contributed by atoms with Gasteiger partial charge in [-0.15, -0.1) is 11.6 Å². The average Bonchev–Trinajstić information content (AvgIpc) is 2.19. The Bertz CT molecular complexity index is 321. The van der Waals surface area contributed by atoms with Crippen molar-refractivity contribution in [1.29, 1.82) is 0 Å². The summed E-state index contributed by atoms with van der Waals surface area (Å²) in [5.41, 5.74) is 0.859. The Hall–Kier alpha value is -1.15. The molecule has 14 heavy (non-hydrogen) atoms. The summed E-state index contributed by atoms with van der Waals surface area (Å²) in [6.07, 6.45) is 4.64. The van der Waals surface area contributed by atoms with Gasteiger partial charge >= 0.3 is 0 Å². The van der Waals surface area contributed by atoms with Gasteiger partial charge in [-0.05, 0) is 24.6 Å². The SMILES string of the molecule is COc1ccc(O)cc1C=CCCCl. The van der Waals surface area contributed by atoms with Crippen LogP contribution in [-0.2, 0) is 0 Å². The van der Waals surface area contributed by atoms with E-state index in [-0.39, 0.29) is 5.75 Å². The van der Waals surface area contributed by atoms with E-state index in [0.29, 0.717) is 5.88 Å². The van der Waals surface area contributed by atoms with E-state index in [0.717, 1.165) is 17.7 Å². The first-order valence-corrected chi connectivity index (χ1v) is 4.91. The van der Waals surface area contributed by atoms with Crippen molar-refractivity contribution in [3.8, 4) is 11.5 Å². The van der Waals surface area contributed by atoms with Crippen molar-refractivity contribution in [1.82, 2.24) is 0 Å². The number of phenols is 1. The van der Waals surface area contributed by atoms with E-state index in [1.165, 1.54) is 0 Å². The smallest absolute Gasteiger partial charge is 0.126 e. The van der Waals surface area contributed by atoms with Gasteiger partial charge in [0.1, 0.15) is 11.5 Å². The zero-order valence-corrected chi connectivity index (χ0v) is 8.79. The summed E-state index contributed by atoms with van der Waals surface area (Å²) in [5.74, 6) is 1.57. The van der Waals surface area contributed by atoms with Crippen LogP contribution in [0.15, 0.2) is 24.3 Å². The van der Waals surface area contributed by atoms with E-state index in [4.69, 9.17) is 16.3 Å². The van der Waals surface area contributed by atoms with Crippen LogP contribution >= 0.6 is 11.6 Å². The van der Waals surface area contributed by atoms with Crippen LogP contribution in [0.3, 0.4) is 0 Å². The van der Waals surface area contributed by atoms with Crippen LogP contribution in [0.5, 0.6) is 11.5 Å². The summed E-state index contributed by atoms with van der Waals surface area (Å²) >= 11 is 5.54. The van der Waals surface area contributed by atoms with Crippen LogP contribution in [-0.4, -0.2) is 18.1 Å². The molecule has 0 spiro atoms. The highest BCUT2D eigenvalue weighted by molar-refractivity contribution is 6.17. The molecule has 1 aromatic rings. The first-order chi connectivity index (χ1) is 6.77. The van der Waals surface area contributed by atoms with E-state index >= 15 is 0 Å². The molecule has 0 saturated heterocycles. The van der Waals surface area contributed by atoms with Crippen LogP contribution < -0.4 is 4.74 Å². The molecule has 0 aromatic heterocycles. The number of rotatable bonds is 4. The zero-order chi connectivity index (χ0) is 10.4. The van der Waals surface area contributed by atoms with Gasteiger partial charge in [0.2, 0.25) is 0 Å². The number of hydrogen-bond donors (Lipinski definition) is 1. The lowest BCUT2D eigenvalue weighted by Crippen LogP contribution is -1.86. The molecule has 0 aliphatic carbocycles. The molecule has 0 aliphatic rings. The van der Waals surface area contributed by atoms with E-state index in [1.807, 2.05) is 12.2 Å². The summed E-state index contributed by atoms with van der Waals surface area (Å²) < 4.78 is 5.14. The average molecular weight is 213 g/mol. The van der Waals surface area contributed by atoms with E-state index < -0.39 is 0 Å². The molecule has 1 N–H and O–H groups in total. The fourth-order valence-corrected chi connectivity index (χ4v) is 1.25. The molecule has 3 heteroatoms. The quantitative estimate of drug-likeness (QED) is 0.778. The van der Waals surface area contributed by atoms with Gasteiger partial charge in [-0.25, -0.2) is 0 Å². The topological polar surface area (TPSA) is 29.5 Å². The Morgan fingerprint density at radius 3 is 2.93 bits per heavy atom. The van der Waals surface area contributed by atoms with E-state index in [2.05, 4.69) is 0 Å². The van der Waals surface area contributed by atoms with Gasteiger partial charge in [0.25, 0.3) is 0 Å². The lowest BCUT2D eigenvalue weighted by Gasteiger charge is -2.04. The van der Waals surface area contributed by atoms with Crippen LogP contribution in [0, 0.1) is 0 Å². The molecule has 0 heterocycles.